The lowest BCUT2D eigenvalue weighted by atomic mass is 10.2. The number of carboxylic acid groups (broad SMARTS) is 1. The Labute approximate surface area is 156 Å². The quantitative estimate of drug-likeness (QED) is 0.655. The van der Waals surface area contributed by atoms with E-state index >= 15 is 0 Å². The predicted molar refractivity (Wildman–Crippen MR) is 102 cm³/mol. The molecule has 0 amide bonds. The normalized spacial score (nSPS) is 10.8. The number of carbonyl (C=O) groups is 1. The number of nitrogens with zero attached hydrogens (tertiary/aromatic N) is 2. The monoisotopic (exact) mass is 404 g/mol. The van der Waals surface area contributed by atoms with Gasteiger partial charge in [0.15, 0.2) is 0 Å². The summed E-state index contributed by atoms with van der Waals surface area (Å²) in [6.45, 7) is 5.85. The molecular weight excluding hydrogens is 384 g/mol. The van der Waals surface area contributed by atoms with Crippen LogP contribution in [0.4, 0.5) is 5.82 Å². The first-order chi connectivity index (χ1) is 12.0. The molecule has 1 aromatic carbocycles. The van der Waals surface area contributed by atoms with Crippen LogP contribution in [0.2, 0.25) is 0 Å². The summed E-state index contributed by atoms with van der Waals surface area (Å²) >= 11 is 3.50. The van der Waals surface area contributed by atoms with Crippen LogP contribution in [-0.2, 0) is 6.54 Å². The van der Waals surface area contributed by atoms with E-state index < -0.39 is 5.97 Å². The first-order valence-electron chi connectivity index (χ1n) is 8.01. The zero-order chi connectivity index (χ0) is 18.2. The van der Waals surface area contributed by atoms with Gasteiger partial charge in [-0.3, -0.25) is 0 Å². The van der Waals surface area contributed by atoms with E-state index in [0.29, 0.717) is 13.2 Å². The first-order valence-corrected chi connectivity index (χ1v) is 8.81. The van der Waals surface area contributed by atoms with Crippen molar-refractivity contribution >= 4 is 27.7 Å². The lowest BCUT2D eigenvalue weighted by Crippen LogP contribution is -2.23. The number of carboxylic acids is 1. The summed E-state index contributed by atoms with van der Waals surface area (Å²) in [5, 5.41) is 9.00. The summed E-state index contributed by atoms with van der Waals surface area (Å²) in [6.07, 6.45) is 5.28. The van der Waals surface area contributed by atoms with Crippen LogP contribution in [0.1, 0.15) is 29.8 Å². The van der Waals surface area contributed by atoms with Crippen LogP contribution in [0.25, 0.3) is 0 Å². The molecule has 1 heterocycles. The molecule has 5 nitrogen and oxygen atoms in total. The molecule has 132 valence electrons. The number of benzene rings is 1. The number of pyridine rings is 1. The van der Waals surface area contributed by atoms with E-state index in [9.17, 15) is 4.79 Å². The summed E-state index contributed by atoms with van der Waals surface area (Å²) < 4.78 is 6.81. The van der Waals surface area contributed by atoms with Gasteiger partial charge < -0.3 is 14.7 Å². The number of aromatic carboxylic acids is 1. The molecule has 1 aromatic heterocycles. The highest BCUT2D eigenvalue weighted by Gasteiger charge is 2.12. The van der Waals surface area contributed by atoms with Crippen LogP contribution in [-0.4, -0.2) is 29.2 Å². The second-order valence-electron chi connectivity index (χ2n) is 5.36. The molecule has 0 unspecified atom stereocenters. The molecule has 0 spiro atoms. The van der Waals surface area contributed by atoms with Crippen molar-refractivity contribution < 1.29 is 14.6 Å². The number of halogens is 1. The van der Waals surface area contributed by atoms with Crippen molar-refractivity contribution in [2.75, 3.05) is 18.1 Å². The van der Waals surface area contributed by atoms with Crippen molar-refractivity contribution in [3.63, 3.8) is 0 Å². The van der Waals surface area contributed by atoms with E-state index in [2.05, 4.69) is 25.8 Å². The Balaban J connectivity index is 2.22. The number of aromatic nitrogens is 1. The molecule has 25 heavy (non-hydrogen) atoms. The van der Waals surface area contributed by atoms with Gasteiger partial charge in [-0.05, 0) is 44.2 Å². The molecule has 0 aliphatic carbocycles. The molecule has 0 aliphatic heterocycles. The van der Waals surface area contributed by atoms with Gasteiger partial charge in [0, 0.05) is 29.3 Å². The Morgan fingerprint density at radius 3 is 2.76 bits per heavy atom. The standard InChI is InChI=1S/C19H21BrN2O3/c1-3-5-10-25-17-8-7-16(20)11-15(17)13-22(4-2)18-9-6-14(12-21-18)19(23)24/h3,5-9,11-12H,4,10,13H2,1-2H3,(H,23,24)/b5-3+. The Bertz CT molecular complexity index is 745. The van der Waals surface area contributed by atoms with Gasteiger partial charge in [0.05, 0.1) is 5.56 Å². The fourth-order valence-electron chi connectivity index (χ4n) is 2.31. The van der Waals surface area contributed by atoms with Crippen LogP contribution >= 0.6 is 15.9 Å². The molecular formula is C19H21BrN2O3. The Morgan fingerprint density at radius 2 is 2.16 bits per heavy atom. The fraction of sp³-hybridized carbons (Fsp3) is 0.263. The van der Waals surface area contributed by atoms with Gasteiger partial charge in [-0.15, -0.1) is 0 Å². The second kappa shape index (κ2) is 9.22. The predicted octanol–water partition coefficient (Wildman–Crippen LogP) is 4.52. The largest absolute Gasteiger partial charge is 0.489 e. The van der Waals surface area contributed by atoms with Crippen LogP contribution in [0.5, 0.6) is 5.75 Å². The Morgan fingerprint density at radius 1 is 1.36 bits per heavy atom. The zero-order valence-electron chi connectivity index (χ0n) is 14.3. The van der Waals surface area contributed by atoms with Gasteiger partial charge in [0.25, 0.3) is 0 Å². The molecule has 0 radical (unpaired) electrons. The first kappa shape index (κ1) is 19.0. The Kier molecular flexibility index (Phi) is 7.01. The average Bonchev–Trinajstić information content (AvgIpc) is 2.61. The summed E-state index contributed by atoms with van der Waals surface area (Å²) in [7, 11) is 0. The lowest BCUT2D eigenvalue weighted by Gasteiger charge is -2.23. The van der Waals surface area contributed by atoms with Gasteiger partial charge in [-0.2, -0.15) is 0 Å². The van der Waals surface area contributed by atoms with E-state index in [4.69, 9.17) is 9.84 Å². The number of hydrogen-bond donors (Lipinski definition) is 1. The summed E-state index contributed by atoms with van der Waals surface area (Å²) in [6, 6.07) is 9.21. The third kappa shape index (κ3) is 5.32. The van der Waals surface area contributed by atoms with E-state index in [0.717, 1.165) is 28.1 Å². The summed E-state index contributed by atoms with van der Waals surface area (Å²) in [5.41, 5.74) is 1.21. The van der Waals surface area contributed by atoms with Crippen molar-refractivity contribution in [1.29, 1.82) is 0 Å². The van der Waals surface area contributed by atoms with Crippen molar-refractivity contribution in [3.05, 3.63) is 64.3 Å². The minimum atomic E-state index is -0.978. The van der Waals surface area contributed by atoms with Gasteiger partial charge in [-0.25, -0.2) is 9.78 Å². The van der Waals surface area contributed by atoms with Crippen molar-refractivity contribution in [2.24, 2.45) is 0 Å². The smallest absolute Gasteiger partial charge is 0.337 e. The minimum absolute atomic E-state index is 0.178. The second-order valence-corrected chi connectivity index (χ2v) is 6.27. The fourth-order valence-corrected chi connectivity index (χ4v) is 2.72. The summed E-state index contributed by atoms with van der Waals surface area (Å²) in [4.78, 5) is 17.3. The van der Waals surface area contributed by atoms with Crippen molar-refractivity contribution in [3.8, 4) is 5.75 Å². The highest BCUT2D eigenvalue weighted by molar-refractivity contribution is 9.10. The number of allylic oxidation sites excluding steroid dienone is 1. The van der Waals surface area contributed by atoms with Crippen LogP contribution in [0.3, 0.4) is 0 Å². The van der Waals surface area contributed by atoms with E-state index in [1.54, 1.807) is 12.1 Å². The van der Waals surface area contributed by atoms with Gasteiger partial charge >= 0.3 is 5.97 Å². The van der Waals surface area contributed by atoms with Gasteiger partial charge in [0.1, 0.15) is 18.2 Å². The Hall–Kier alpha value is -2.34. The van der Waals surface area contributed by atoms with Crippen LogP contribution in [0.15, 0.2) is 53.2 Å². The highest BCUT2D eigenvalue weighted by Crippen LogP contribution is 2.26. The highest BCUT2D eigenvalue weighted by atomic mass is 79.9. The number of anilines is 1. The zero-order valence-corrected chi connectivity index (χ0v) is 15.9. The molecule has 2 aromatic rings. The van der Waals surface area contributed by atoms with Crippen molar-refractivity contribution in [2.45, 2.75) is 20.4 Å². The third-order valence-electron chi connectivity index (χ3n) is 3.66. The lowest BCUT2D eigenvalue weighted by molar-refractivity contribution is 0.0696. The average molecular weight is 405 g/mol. The molecule has 1 N–H and O–H groups in total. The van der Waals surface area contributed by atoms with Gasteiger partial charge in [-0.1, -0.05) is 28.1 Å². The van der Waals surface area contributed by atoms with E-state index in [1.165, 1.54) is 6.20 Å². The van der Waals surface area contributed by atoms with Crippen LogP contribution in [0, 0.1) is 0 Å². The minimum Gasteiger partial charge on any atom is -0.489 e. The molecule has 0 saturated heterocycles. The van der Waals surface area contributed by atoms with E-state index in [1.807, 2.05) is 44.2 Å². The van der Waals surface area contributed by atoms with Gasteiger partial charge in [0.2, 0.25) is 0 Å². The molecule has 0 aliphatic rings. The SMILES string of the molecule is C/C=C/COc1ccc(Br)cc1CN(CC)c1ccc(C(=O)O)cn1. The van der Waals surface area contributed by atoms with E-state index in [-0.39, 0.29) is 5.56 Å². The molecule has 6 heteroatoms. The summed E-state index contributed by atoms with van der Waals surface area (Å²) in [5.74, 6) is 0.572. The molecule has 0 bridgehead atoms. The molecule has 2 rings (SSSR count). The third-order valence-corrected chi connectivity index (χ3v) is 4.15. The molecule has 0 fully saturated rings. The van der Waals surface area contributed by atoms with Crippen LogP contribution < -0.4 is 9.64 Å². The topological polar surface area (TPSA) is 62.7 Å². The maximum absolute atomic E-state index is 11.0. The maximum atomic E-state index is 11.0. The number of ether oxygens (including phenoxy) is 1. The number of hydrogen-bond acceptors (Lipinski definition) is 4. The maximum Gasteiger partial charge on any atom is 0.337 e. The molecule has 0 atom stereocenters. The van der Waals surface area contributed by atoms with Crippen molar-refractivity contribution in [1.82, 2.24) is 4.98 Å². The number of rotatable bonds is 8. The molecule has 0 saturated carbocycles.